The van der Waals surface area contributed by atoms with Gasteiger partial charge >= 0.3 is 0 Å². The lowest BCUT2D eigenvalue weighted by molar-refractivity contribution is 0.794. The van der Waals surface area contributed by atoms with Gasteiger partial charge in [-0.3, -0.25) is 0 Å². The van der Waals surface area contributed by atoms with Gasteiger partial charge in [0.1, 0.15) is 0 Å². The van der Waals surface area contributed by atoms with Gasteiger partial charge in [-0.15, -0.1) is 0 Å². The van der Waals surface area contributed by atoms with Gasteiger partial charge in [0.25, 0.3) is 0 Å². The number of benzene rings is 9. The summed E-state index contributed by atoms with van der Waals surface area (Å²) < 4.78 is 0. The second kappa shape index (κ2) is 11.2. The number of hydrogen-bond donors (Lipinski definition) is 0. The zero-order valence-corrected chi connectivity index (χ0v) is 28.5. The molecule has 0 bridgehead atoms. The van der Waals surface area contributed by atoms with E-state index in [2.05, 4.69) is 205 Å². The Morgan fingerprint density at radius 2 is 0.865 bits per heavy atom. The molecule has 0 fully saturated rings. The predicted molar refractivity (Wildman–Crippen MR) is 218 cm³/mol. The zero-order chi connectivity index (χ0) is 34.2. The molecule has 9 aromatic rings. The van der Waals surface area contributed by atoms with Crippen molar-refractivity contribution in [3.63, 3.8) is 0 Å². The van der Waals surface area contributed by atoms with Crippen molar-refractivity contribution in [3.05, 3.63) is 222 Å². The molecular formula is C51H33N. The van der Waals surface area contributed by atoms with Crippen LogP contribution in [0.3, 0.4) is 0 Å². The largest absolute Gasteiger partial charge is 0.310 e. The lowest BCUT2D eigenvalue weighted by Gasteiger charge is -2.32. The van der Waals surface area contributed by atoms with Gasteiger partial charge in [0.15, 0.2) is 0 Å². The highest BCUT2D eigenvalue weighted by Crippen LogP contribution is 2.64. The van der Waals surface area contributed by atoms with Crippen LogP contribution in [0.25, 0.3) is 54.9 Å². The number of anilines is 3. The third-order valence-corrected chi connectivity index (χ3v) is 11.4. The van der Waals surface area contributed by atoms with Crippen LogP contribution < -0.4 is 4.90 Å². The molecule has 0 aromatic heterocycles. The fourth-order valence-corrected chi connectivity index (χ4v) is 9.23. The maximum Gasteiger partial charge on any atom is 0.0726 e. The van der Waals surface area contributed by atoms with Crippen LogP contribution in [0.2, 0.25) is 0 Å². The van der Waals surface area contributed by atoms with Crippen molar-refractivity contribution in [2.75, 3.05) is 4.90 Å². The summed E-state index contributed by atoms with van der Waals surface area (Å²) in [6.45, 7) is 0. The highest BCUT2D eigenvalue weighted by atomic mass is 15.1. The molecule has 2 aliphatic carbocycles. The fourth-order valence-electron chi connectivity index (χ4n) is 9.23. The monoisotopic (exact) mass is 659 g/mol. The first-order valence-electron chi connectivity index (χ1n) is 18.1. The Morgan fingerprint density at radius 1 is 0.308 bits per heavy atom. The van der Waals surface area contributed by atoms with Gasteiger partial charge in [0.05, 0.1) is 5.41 Å². The van der Waals surface area contributed by atoms with Crippen LogP contribution in [-0.4, -0.2) is 0 Å². The average Bonchev–Trinajstić information content (AvgIpc) is 3.69. The van der Waals surface area contributed by atoms with Crippen LogP contribution >= 0.6 is 0 Å². The molecular weight excluding hydrogens is 627 g/mol. The van der Waals surface area contributed by atoms with E-state index in [1.54, 1.807) is 0 Å². The maximum atomic E-state index is 2.49. The highest BCUT2D eigenvalue weighted by molar-refractivity contribution is 6.06. The Bertz CT molecular complexity index is 2800. The van der Waals surface area contributed by atoms with Crippen molar-refractivity contribution in [3.8, 4) is 33.4 Å². The minimum absolute atomic E-state index is 0.440. The molecule has 1 spiro atoms. The van der Waals surface area contributed by atoms with E-state index in [0.29, 0.717) is 0 Å². The summed E-state index contributed by atoms with van der Waals surface area (Å²) in [5.74, 6) is 0. The number of nitrogens with zero attached hydrogens (tertiary/aromatic N) is 1. The van der Waals surface area contributed by atoms with Crippen LogP contribution in [0.1, 0.15) is 22.3 Å². The summed E-state index contributed by atoms with van der Waals surface area (Å²) in [5.41, 5.74) is 16.1. The first-order chi connectivity index (χ1) is 25.8. The molecule has 2 aliphatic rings. The standard InChI is InChI=1S/C51H33N/c1-2-12-34(13-3-1)36-22-26-39(27-23-36)52(40-28-24-35-14-4-5-16-38(35)32-40)41-29-30-45-49(33-41)51(48-31-25-37-15-6-7-17-42(37)50(45)48)46-20-10-8-18-43(46)44-19-9-11-21-47(44)51/h1-33H. The predicted octanol–water partition coefficient (Wildman–Crippen LogP) is 13.5. The maximum absolute atomic E-state index is 2.49. The van der Waals surface area contributed by atoms with Crippen LogP contribution in [-0.2, 0) is 5.41 Å². The van der Waals surface area contributed by atoms with Crippen molar-refractivity contribution in [2.24, 2.45) is 0 Å². The van der Waals surface area contributed by atoms with Crippen molar-refractivity contribution in [2.45, 2.75) is 5.41 Å². The summed E-state index contributed by atoms with van der Waals surface area (Å²) in [4.78, 5) is 2.43. The van der Waals surface area contributed by atoms with E-state index in [9.17, 15) is 0 Å². The number of fused-ring (bicyclic) bond motifs is 13. The third kappa shape index (κ3) is 4.05. The van der Waals surface area contributed by atoms with Gasteiger partial charge in [0, 0.05) is 17.1 Å². The van der Waals surface area contributed by atoms with E-state index in [1.165, 1.54) is 77.2 Å². The average molecular weight is 660 g/mol. The molecule has 0 amide bonds. The summed E-state index contributed by atoms with van der Waals surface area (Å²) in [6.07, 6.45) is 0. The summed E-state index contributed by atoms with van der Waals surface area (Å²) in [7, 11) is 0. The van der Waals surface area contributed by atoms with Crippen LogP contribution in [0.5, 0.6) is 0 Å². The molecule has 1 heteroatoms. The molecule has 0 aliphatic heterocycles. The Labute approximate surface area is 303 Å². The molecule has 0 atom stereocenters. The van der Waals surface area contributed by atoms with Gasteiger partial charge in [0.2, 0.25) is 0 Å². The van der Waals surface area contributed by atoms with Crippen molar-refractivity contribution in [1.82, 2.24) is 0 Å². The van der Waals surface area contributed by atoms with Crippen LogP contribution in [0.4, 0.5) is 17.1 Å². The molecule has 9 aromatic carbocycles. The lowest BCUT2D eigenvalue weighted by atomic mass is 9.70. The quantitative estimate of drug-likeness (QED) is 0.182. The molecule has 0 heterocycles. The van der Waals surface area contributed by atoms with E-state index < -0.39 is 5.41 Å². The van der Waals surface area contributed by atoms with Gasteiger partial charge < -0.3 is 4.90 Å². The van der Waals surface area contributed by atoms with E-state index in [-0.39, 0.29) is 0 Å². The molecule has 0 saturated heterocycles. The van der Waals surface area contributed by atoms with E-state index in [4.69, 9.17) is 0 Å². The van der Waals surface area contributed by atoms with Gasteiger partial charge in [-0.2, -0.15) is 0 Å². The van der Waals surface area contributed by atoms with Gasteiger partial charge in [-0.25, -0.2) is 0 Å². The molecule has 0 saturated carbocycles. The lowest BCUT2D eigenvalue weighted by Crippen LogP contribution is -2.26. The molecule has 242 valence electrons. The second-order valence-electron chi connectivity index (χ2n) is 14.1. The zero-order valence-electron chi connectivity index (χ0n) is 28.5. The SMILES string of the molecule is c1ccc(-c2ccc(N(c3ccc4c(c3)C3(c5ccccc5-c5ccccc53)c3ccc5ccccc5c3-4)c3ccc4ccccc4c3)cc2)cc1. The van der Waals surface area contributed by atoms with Crippen LogP contribution in [0, 0.1) is 0 Å². The van der Waals surface area contributed by atoms with Crippen LogP contribution in [0.15, 0.2) is 200 Å². The Balaban J connectivity index is 1.19. The molecule has 0 unspecified atom stereocenters. The smallest absolute Gasteiger partial charge is 0.0726 e. The van der Waals surface area contributed by atoms with E-state index in [1.807, 2.05) is 0 Å². The normalized spacial score (nSPS) is 13.2. The second-order valence-corrected chi connectivity index (χ2v) is 14.1. The van der Waals surface area contributed by atoms with Gasteiger partial charge in [-0.1, -0.05) is 164 Å². The molecule has 0 N–H and O–H groups in total. The van der Waals surface area contributed by atoms with Crippen molar-refractivity contribution >= 4 is 38.6 Å². The molecule has 0 radical (unpaired) electrons. The van der Waals surface area contributed by atoms with E-state index in [0.717, 1.165) is 17.1 Å². The van der Waals surface area contributed by atoms with Crippen molar-refractivity contribution < 1.29 is 0 Å². The number of rotatable bonds is 4. The minimum atomic E-state index is -0.440. The summed E-state index contributed by atoms with van der Waals surface area (Å²) >= 11 is 0. The summed E-state index contributed by atoms with van der Waals surface area (Å²) in [6, 6.07) is 74.1. The fraction of sp³-hybridized carbons (Fsp3) is 0.0196. The van der Waals surface area contributed by atoms with Crippen molar-refractivity contribution in [1.29, 1.82) is 0 Å². The topological polar surface area (TPSA) is 3.24 Å². The Hall–Kier alpha value is -6.70. The Kier molecular flexibility index (Phi) is 6.23. The molecule has 1 nitrogen and oxygen atoms in total. The Morgan fingerprint density at radius 3 is 1.63 bits per heavy atom. The molecule has 52 heavy (non-hydrogen) atoms. The first-order valence-corrected chi connectivity index (χ1v) is 18.1. The van der Waals surface area contributed by atoms with E-state index >= 15 is 0 Å². The minimum Gasteiger partial charge on any atom is -0.310 e. The summed E-state index contributed by atoms with van der Waals surface area (Å²) in [5, 5.41) is 5.03. The van der Waals surface area contributed by atoms with Gasteiger partial charge in [-0.05, 0) is 114 Å². The third-order valence-electron chi connectivity index (χ3n) is 11.4. The highest BCUT2D eigenvalue weighted by Gasteiger charge is 2.52. The molecule has 11 rings (SSSR count). The first kappa shape index (κ1) is 29.1. The number of hydrogen-bond acceptors (Lipinski definition) is 1.